The second-order valence-corrected chi connectivity index (χ2v) is 3.08. The number of nitrogens with zero attached hydrogens (tertiary/aromatic N) is 2. The van der Waals surface area contributed by atoms with Gasteiger partial charge in [-0.2, -0.15) is 5.26 Å². The third kappa shape index (κ3) is 4.28. The molecule has 0 aliphatic heterocycles. The van der Waals surface area contributed by atoms with Gasteiger partial charge in [0.1, 0.15) is 12.8 Å². The molecule has 0 aromatic heterocycles. The van der Waals surface area contributed by atoms with Crippen molar-refractivity contribution in [3.63, 3.8) is 0 Å². The lowest BCUT2D eigenvalue weighted by molar-refractivity contribution is 0.131. The zero-order valence-electron chi connectivity index (χ0n) is 8.73. The summed E-state index contributed by atoms with van der Waals surface area (Å²) in [5, 5.41) is 12.3. The van der Waals surface area contributed by atoms with Crippen LogP contribution < -0.4 is 0 Å². The third-order valence-corrected chi connectivity index (χ3v) is 1.81. The Balaban J connectivity index is 2.35. The van der Waals surface area contributed by atoms with E-state index >= 15 is 0 Å². The van der Waals surface area contributed by atoms with Crippen molar-refractivity contribution in [3.8, 4) is 6.07 Å². The van der Waals surface area contributed by atoms with Gasteiger partial charge in [0.2, 0.25) is 0 Å². The predicted octanol–water partition coefficient (Wildman–Crippen LogP) is 2.74. The van der Waals surface area contributed by atoms with Crippen LogP contribution in [0.3, 0.4) is 0 Å². The van der Waals surface area contributed by atoms with Crippen LogP contribution in [0, 0.1) is 11.3 Å². The second kappa shape index (κ2) is 6.61. The molecule has 1 radical (unpaired) electrons. The topological polar surface area (TPSA) is 45.4 Å². The normalized spacial score (nSPS) is 10.1. The standard InChI is InChI=1S/C12H13N2O/c1-2-3-8-14-15-10-12-6-4-11(9-13)5-7-12/h4-7H,2-3,10H2,1H3. The van der Waals surface area contributed by atoms with Crippen LogP contribution in [-0.4, -0.2) is 6.21 Å². The molecule has 3 nitrogen and oxygen atoms in total. The number of hydrogen-bond acceptors (Lipinski definition) is 3. The number of rotatable bonds is 5. The first kappa shape index (κ1) is 11.3. The van der Waals surface area contributed by atoms with E-state index in [1.807, 2.05) is 12.1 Å². The van der Waals surface area contributed by atoms with E-state index < -0.39 is 0 Å². The lowest BCUT2D eigenvalue weighted by Gasteiger charge is -1.98. The Morgan fingerprint density at radius 2 is 2.07 bits per heavy atom. The predicted molar refractivity (Wildman–Crippen MR) is 58.3 cm³/mol. The Labute approximate surface area is 90.0 Å². The van der Waals surface area contributed by atoms with E-state index in [1.165, 1.54) is 0 Å². The van der Waals surface area contributed by atoms with Crippen LogP contribution in [0.1, 0.15) is 30.9 Å². The molecule has 0 saturated heterocycles. The Kier molecular flexibility index (Phi) is 4.96. The molecule has 0 aliphatic carbocycles. The molecule has 0 aliphatic rings. The van der Waals surface area contributed by atoms with E-state index in [9.17, 15) is 0 Å². The van der Waals surface area contributed by atoms with Gasteiger partial charge in [-0.3, -0.25) is 0 Å². The largest absolute Gasteiger partial charge is 0.391 e. The van der Waals surface area contributed by atoms with Gasteiger partial charge in [0.05, 0.1) is 11.6 Å². The third-order valence-electron chi connectivity index (χ3n) is 1.81. The summed E-state index contributed by atoms with van der Waals surface area (Å²) in [6.45, 7) is 2.48. The summed E-state index contributed by atoms with van der Waals surface area (Å²) in [5.41, 5.74) is 1.65. The van der Waals surface area contributed by atoms with Crippen molar-refractivity contribution >= 4 is 6.21 Å². The van der Waals surface area contributed by atoms with Gasteiger partial charge >= 0.3 is 0 Å². The van der Waals surface area contributed by atoms with Crippen LogP contribution in [0.5, 0.6) is 0 Å². The molecule has 0 spiro atoms. The lowest BCUT2D eigenvalue weighted by atomic mass is 10.2. The smallest absolute Gasteiger partial charge is 0.142 e. The van der Waals surface area contributed by atoms with Crippen molar-refractivity contribution < 1.29 is 4.84 Å². The van der Waals surface area contributed by atoms with Crippen LogP contribution in [0.15, 0.2) is 29.4 Å². The molecule has 0 unspecified atom stereocenters. The van der Waals surface area contributed by atoms with Crippen molar-refractivity contribution in [2.75, 3.05) is 0 Å². The molecular formula is C12H13N2O. The first-order chi connectivity index (χ1) is 7.36. The van der Waals surface area contributed by atoms with E-state index in [2.05, 4.69) is 24.4 Å². The van der Waals surface area contributed by atoms with Crippen LogP contribution in [0.4, 0.5) is 0 Å². The van der Waals surface area contributed by atoms with Crippen molar-refractivity contribution in [1.82, 2.24) is 0 Å². The summed E-state index contributed by atoms with van der Waals surface area (Å²) in [4.78, 5) is 5.03. The Hall–Kier alpha value is -1.82. The fourth-order valence-corrected chi connectivity index (χ4v) is 0.985. The molecule has 77 valence electrons. The summed E-state index contributed by atoms with van der Waals surface area (Å²) in [7, 11) is 0. The maximum Gasteiger partial charge on any atom is 0.142 e. The summed E-state index contributed by atoms with van der Waals surface area (Å²) in [6.07, 6.45) is 4.61. The average Bonchev–Trinajstić information content (AvgIpc) is 2.30. The molecule has 0 amide bonds. The molecule has 1 aromatic carbocycles. The van der Waals surface area contributed by atoms with E-state index in [1.54, 1.807) is 12.1 Å². The number of hydrogen-bond donors (Lipinski definition) is 0. The molecule has 0 saturated carbocycles. The van der Waals surface area contributed by atoms with Crippen molar-refractivity contribution in [1.29, 1.82) is 5.26 Å². The van der Waals surface area contributed by atoms with Gasteiger partial charge in [0, 0.05) is 0 Å². The molecule has 1 aromatic rings. The van der Waals surface area contributed by atoms with Crippen molar-refractivity contribution in [2.24, 2.45) is 5.16 Å². The summed E-state index contributed by atoms with van der Waals surface area (Å²) < 4.78 is 0. The molecule has 3 heteroatoms. The summed E-state index contributed by atoms with van der Waals surface area (Å²) >= 11 is 0. The zero-order valence-corrected chi connectivity index (χ0v) is 8.73. The minimum atomic E-state index is 0.419. The Bertz CT molecular complexity index is 349. The molecule has 0 bridgehead atoms. The molecule has 0 N–H and O–H groups in total. The minimum absolute atomic E-state index is 0.419. The second-order valence-electron chi connectivity index (χ2n) is 3.08. The maximum absolute atomic E-state index is 8.59. The lowest BCUT2D eigenvalue weighted by Crippen LogP contribution is -1.87. The summed E-state index contributed by atoms with van der Waals surface area (Å²) in [6, 6.07) is 9.30. The van der Waals surface area contributed by atoms with Crippen LogP contribution >= 0.6 is 0 Å². The first-order valence-corrected chi connectivity index (χ1v) is 4.90. The molecular weight excluding hydrogens is 188 g/mol. The highest BCUT2D eigenvalue weighted by Crippen LogP contribution is 2.04. The highest BCUT2D eigenvalue weighted by molar-refractivity contribution is 5.55. The number of unbranched alkanes of at least 4 members (excludes halogenated alkanes) is 1. The molecule has 0 heterocycles. The fourth-order valence-electron chi connectivity index (χ4n) is 0.985. The molecule has 0 atom stereocenters. The quantitative estimate of drug-likeness (QED) is 0.543. The van der Waals surface area contributed by atoms with Gasteiger partial charge in [-0.15, -0.1) is 0 Å². The van der Waals surface area contributed by atoms with Crippen LogP contribution in [-0.2, 0) is 11.4 Å². The van der Waals surface area contributed by atoms with Gasteiger partial charge in [0.25, 0.3) is 0 Å². The molecule has 15 heavy (non-hydrogen) atoms. The zero-order chi connectivity index (χ0) is 10.9. The van der Waals surface area contributed by atoms with Gasteiger partial charge in [-0.1, -0.05) is 30.6 Å². The fraction of sp³-hybridized carbons (Fsp3) is 0.333. The summed E-state index contributed by atoms with van der Waals surface area (Å²) in [5.74, 6) is 0. The van der Waals surface area contributed by atoms with E-state index in [-0.39, 0.29) is 0 Å². The molecule has 1 rings (SSSR count). The first-order valence-electron chi connectivity index (χ1n) is 4.90. The minimum Gasteiger partial charge on any atom is -0.391 e. The van der Waals surface area contributed by atoms with Crippen molar-refractivity contribution in [2.45, 2.75) is 26.4 Å². The Morgan fingerprint density at radius 1 is 1.33 bits per heavy atom. The highest BCUT2D eigenvalue weighted by Gasteiger charge is 1.93. The number of nitriles is 1. The molecule has 0 fully saturated rings. The van der Waals surface area contributed by atoms with E-state index in [4.69, 9.17) is 10.1 Å². The van der Waals surface area contributed by atoms with Gasteiger partial charge < -0.3 is 4.84 Å². The van der Waals surface area contributed by atoms with Gasteiger partial charge in [-0.05, 0) is 24.1 Å². The van der Waals surface area contributed by atoms with Gasteiger partial charge in [-0.25, -0.2) is 0 Å². The van der Waals surface area contributed by atoms with E-state index in [0.717, 1.165) is 18.4 Å². The van der Waals surface area contributed by atoms with E-state index in [0.29, 0.717) is 12.2 Å². The van der Waals surface area contributed by atoms with Gasteiger partial charge in [0.15, 0.2) is 0 Å². The average molecular weight is 201 g/mol. The maximum atomic E-state index is 8.59. The monoisotopic (exact) mass is 201 g/mol. The number of benzene rings is 1. The Morgan fingerprint density at radius 3 is 2.67 bits per heavy atom. The van der Waals surface area contributed by atoms with Crippen LogP contribution in [0.2, 0.25) is 0 Å². The van der Waals surface area contributed by atoms with Crippen molar-refractivity contribution in [3.05, 3.63) is 35.4 Å². The SMILES string of the molecule is CCC/[C]=N/OCc1ccc(C#N)cc1. The van der Waals surface area contributed by atoms with Crippen LogP contribution in [0.25, 0.3) is 0 Å². The highest BCUT2D eigenvalue weighted by atomic mass is 16.6.